The van der Waals surface area contributed by atoms with E-state index < -0.39 is 6.29 Å². The highest BCUT2D eigenvalue weighted by Gasteiger charge is 2.31. The third kappa shape index (κ3) is 5.06. The Morgan fingerprint density at radius 2 is 1.77 bits per heavy atom. The highest BCUT2D eigenvalue weighted by Crippen LogP contribution is 2.37. The van der Waals surface area contributed by atoms with Crippen molar-refractivity contribution in [3.8, 4) is 0 Å². The highest BCUT2D eigenvalue weighted by atomic mass is 16.7. The minimum atomic E-state index is -0.741. The quantitative estimate of drug-likeness (QED) is 0.354. The first-order chi connectivity index (χ1) is 14.5. The first kappa shape index (κ1) is 22.8. The topological polar surface area (TPSA) is 65.7 Å². The summed E-state index contributed by atoms with van der Waals surface area (Å²) in [5.74, 6) is 0.266. The Hall–Kier alpha value is -2.89. The molecule has 0 radical (unpaired) electrons. The van der Waals surface area contributed by atoms with Crippen LogP contribution < -0.4 is 0 Å². The van der Waals surface area contributed by atoms with Crippen LogP contribution in [-0.4, -0.2) is 34.3 Å². The van der Waals surface area contributed by atoms with Crippen molar-refractivity contribution in [1.29, 1.82) is 0 Å². The number of nitrogens with zero attached hydrogens (tertiary/aromatic N) is 3. The SMILES string of the molecule is CCn1nc(C)c(C)c1/C(OC(C)OC(C)=O)=C(/c1ccc(C(C)(C)C)cc1)C1C=N1. The molecule has 1 aliphatic heterocycles. The summed E-state index contributed by atoms with van der Waals surface area (Å²) in [4.78, 5) is 16.0. The van der Waals surface area contributed by atoms with Crippen molar-refractivity contribution in [2.75, 3.05) is 0 Å². The van der Waals surface area contributed by atoms with Gasteiger partial charge in [-0.15, -0.1) is 0 Å². The second-order valence-electron chi connectivity index (χ2n) is 8.98. The van der Waals surface area contributed by atoms with E-state index in [-0.39, 0.29) is 17.4 Å². The molecule has 2 heterocycles. The second-order valence-corrected chi connectivity index (χ2v) is 8.98. The zero-order chi connectivity index (χ0) is 22.9. The predicted molar refractivity (Wildman–Crippen MR) is 124 cm³/mol. The number of ether oxygens (including phenoxy) is 2. The first-order valence-electron chi connectivity index (χ1n) is 10.8. The van der Waals surface area contributed by atoms with E-state index in [1.165, 1.54) is 12.5 Å². The summed E-state index contributed by atoms with van der Waals surface area (Å²) in [6, 6.07) is 8.47. The Morgan fingerprint density at radius 3 is 2.26 bits per heavy atom. The zero-order valence-electron chi connectivity index (χ0n) is 19.8. The molecule has 2 aromatic rings. The van der Waals surface area contributed by atoms with E-state index in [2.05, 4.69) is 55.1 Å². The number of carbonyl (C=O) groups is 1. The molecule has 3 rings (SSSR count). The van der Waals surface area contributed by atoms with Gasteiger partial charge in [0.05, 0.1) is 5.69 Å². The van der Waals surface area contributed by atoms with E-state index in [0.29, 0.717) is 12.3 Å². The molecule has 0 spiro atoms. The maximum Gasteiger partial charge on any atom is 0.305 e. The molecule has 0 fully saturated rings. The molecule has 2 atom stereocenters. The fraction of sp³-hybridized carbons (Fsp3) is 0.480. The van der Waals surface area contributed by atoms with Gasteiger partial charge in [-0.3, -0.25) is 14.5 Å². The fourth-order valence-corrected chi connectivity index (χ4v) is 3.64. The minimum Gasteiger partial charge on any atom is -0.452 e. The number of aryl methyl sites for hydroxylation is 2. The van der Waals surface area contributed by atoms with Gasteiger partial charge in [-0.1, -0.05) is 45.0 Å². The highest BCUT2D eigenvalue weighted by molar-refractivity contribution is 6.04. The van der Waals surface area contributed by atoms with Crippen molar-refractivity contribution < 1.29 is 14.3 Å². The number of carbonyl (C=O) groups excluding carboxylic acids is 1. The molecule has 0 amide bonds. The summed E-state index contributed by atoms with van der Waals surface area (Å²) in [5.41, 5.74) is 6.18. The van der Waals surface area contributed by atoms with E-state index in [1.54, 1.807) is 6.92 Å². The molecule has 1 aliphatic rings. The third-order valence-electron chi connectivity index (χ3n) is 5.46. The monoisotopic (exact) mass is 423 g/mol. The molecular weight excluding hydrogens is 390 g/mol. The molecule has 6 nitrogen and oxygen atoms in total. The number of hydrogen-bond donors (Lipinski definition) is 0. The largest absolute Gasteiger partial charge is 0.452 e. The molecule has 6 heteroatoms. The van der Waals surface area contributed by atoms with Crippen molar-refractivity contribution in [3.05, 3.63) is 52.3 Å². The number of rotatable bonds is 7. The molecule has 0 saturated carbocycles. The van der Waals surface area contributed by atoms with Crippen LogP contribution in [0.3, 0.4) is 0 Å². The van der Waals surface area contributed by atoms with Crippen LogP contribution in [0, 0.1) is 13.8 Å². The van der Waals surface area contributed by atoms with Crippen LogP contribution in [0.15, 0.2) is 29.3 Å². The summed E-state index contributed by atoms with van der Waals surface area (Å²) < 4.78 is 13.5. The van der Waals surface area contributed by atoms with Crippen LogP contribution in [-0.2, 0) is 26.2 Å². The van der Waals surface area contributed by atoms with Crippen molar-refractivity contribution >= 4 is 23.5 Å². The van der Waals surface area contributed by atoms with Gasteiger partial charge in [0.25, 0.3) is 0 Å². The standard InChI is InChI=1S/C25H33N3O3/c1-9-28-23(15(2)16(3)27-28)24(31-18(5)30-17(4)29)22(21-14-26-21)19-10-12-20(13-11-19)25(6,7)8/h10-14,18,21H,9H2,1-8H3/b24-22+. The lowest BCUT2D eigenvalue weighted by molar-refractivity contribution is -0.161. The van der Waals surface area contributed by atoms with Gasteiger partial charge in [0.2, 0.25) is 6.29 Å². The Kier molecular flexibility index (Phi) is 6.39. The van der Waals surface area contributed by atoms with Crippen LogP contribution in [0.4, 0.5) is 0 Å². The van der Waals surface area contributed by atoms with Crippen LogP contribution in [0.5, 0.6) is 0 Å². The Morgan fingerprint density at radius 1 is 1.16 bits per heavy atom. The molecule has 0 saturated heterocycles. The lowest BCUT2D eigenvalue weighted by Crippen LogP contribution is -2.19. The maximum atomic E-state index is 11.5. The second kappa shape index (κ2) is 8.69. The lowest BCUT2D eigenvalue weighted by Gasteiger charge is -2.23. The van der Waals surface area contributed by atoms with E-state index in [0.717, 1.165) is 28.1 Å². The Bertz CT molecular complexity index is 1020. The summed E-state index contributed by atoms with van der Waals surface area (Å²) >= 11 is 0. The summed E-state index contributed by atoms with van der Waals surface area (Å²) in [7, 11) is 0. The number of benzene rings is 1. The van der Waals surface area contributed by atoms with E-state index in [1.807, 2.05) is 31.7 Å². The van der Waals surface area contributed by atoms with Gasteiger partial charge < -0.3 is 9.47 Å². The zero-order valence-corrected chi connectivity index (χ0v) is 19.8. The van der Waals surface area contributed by atoms with Crippen LogP contribution in [0.25, 0.3) is 11.3 Å². The lowest BCUT2D eigenvalue weighted by atomic mass is 9.85. The maximum absolute atomic E-state index is 11.5. The number of esters is 1. The van der Waals surface area contributed by atoms with Gasteiger partial charge in [-0.2, -0.15) is 5.10 Å². The molecular formula is C25H33N3O3. The fourth-order valence-electron chi connectivity index (χ4n) is 3.64. The first-order valence-corrected chi connectivity index (χ1v) is 10.8. The Balaban J connectivity index is 2.19. The molecule has 2 unspecified atom stereocenters. The molecule has 166 valence electrons. The predicted octanol–water partition coefficient (Wildman–Crippen LogP) is 5.06. The number of hydrogen-bond acceptors (Lipinski definition) is 5. The summed E-state index contributed by atoms with van der Waals surface area (Å²) in [6.07, 6.45) is 1.16. The van der Waals surface area contributed by atoms with E-state index in [9.17, 15) is 4.79 Å². The van der Waals surface area contributed by atoms with Gasteiger partial charge in [0.1, 0.15) is 11.7 Å². The molecule has 0 aliphatic carbocycles. The molecule has 0 bridgehead atoms. The van der Waals surface area contributed by atoms with Gasteiger partial charge >= 0.3 is 5.97 Å². The van der Waals surface area contributed by atoms with Crippen LogP contribution >= 0.6 is 0 Å². The van der Waals surface area contributed by atoms with Crippen molar-refractivity contribution in [1.82, 2.24) is 9.78 Å². The molecule has 1 aromatic heterocycles. The van der Waals surface area contributed by atoms with Crippen LogP contribution in [0.1, 0.15) is 69.6 Å². The average molecular weight is 424 g/mol. The van der Waals surface area contributed by atoms with Gasteiger partial charge in [0.15, 0.2) is 5.76 Å². The third-order valence-corrected chi connectivity index (χ3v) is 5.46. The summed E-state index contributed by atoms with van der Waals surface area (Å²) in [5, 5.41) is 4.67. The normalized spacial score (nSPS) is 17.2. The van der Waals surface area contributed by atoms with Gasteiger partial charge in [0, 0.05) is 37.7 Å². The number of aromatic nitrogens is 2. The van der Waals surface area contributed by atoms with Crippen molar-refractivity contribution in [2.45, 2.75) is 79.7 Å². The minimum absolute atomic E-state index is 0.0657. The smallest absolute Gasteiger partial charge is 0.305 e. The van der Waals surface area contributed by atoms with Crippen molar-refractivity contribution in [2.24, 2.45) is 4.99 Å². The van der Waals surface area contributed by atoms with Gasteiger partial charge in [-0.05, 0) is 37.3 Å². The van der Waals surface area contributed by atoms with E-state index >= 15 is 0 Å². The average Bonchev–Trinajstić information content (AvgIpc) is 3.46. The summed E-state index contributed by atoms with van der Waals surface area (Å²) in [6.45, 7) is 16.5. The van der Waals surface area contributed by atoms with Crippen molar-refractivity contribution in [3.63, 3.8) is 0 Å². The molecule has 31 heavy (non-hydrogen) atoms. The molecule has 0 N–H and O–H groups in total. The number of aliphatic imine (C=N–C) groups is 1. The van der Waals surface area contributed by atoms with Gasteiger partial charge in [-0.25, -0.2) is 0 Å². The Labute approximate surface area is 185 Å². The molecule has 1 aromatic carbocycles. The van der Waals surface area contributed by atoms with Crippen LogP contribution in [0.2, 0.25) is 0 Å². The van der Waals surface area contributed by atoms with E-state index in [4.69, 9.17) is 9.47 Å².